The van der Waals surface area contributed by atoms with Crippen LogP contribution in [0.5, 0.6) is 5.75 Å². The van der Waals surface area contributed by atoms with Crippen molar-refractivity contribution < 1.29 is 19.4 Å². The normalized spacial score (nSPS) is 10.2. The van der Waals surface area contributed by atoms with Crippen molar-refractivity contribution in [2.75, 3.05) is 12.4 Å². The van der Waals surface area contributed by atoms with Crippen molar-refractivity contribution in [2.45, 2.75) is 0 Å². The zero-order valence-electron chi connectivity index (χ0n) is 12.0. The van der Waals surface area contributed by atoms with Gasteiger partial charge in [0.2, 0.25) is 5.69 Å². The van der Waals surface area contributed by atoms with Crippen molar-refractivity contribution in [2.24, 2.45) is 7.05 Å². The Morgan fingerprint density at radius 2 is 1.91 bits per heavy atom. The molecular weight excluding hydrogens is 310 g/mol. The highest BCUT2D eigenvalue weighted by molar-refractivity contribution is 6.06. The molecule has 0 saturated carbocycles. The van der Waals surface area contributed by atoms with Gasteiger partial charge < -0.3 is 10.1 Å². The van der Waals surface area contributed by atoms with Crippen molar-refractivity contribution in [3.05, 3.63) is 50.3 Å². The van der Waals surface area contributed by atoms with Crippen LogP contribution >= 0.6 is 0 Å². The number of methoxy groups -OCH3 is 1. The van der Waals surface area contributed by atoms with Gasteiger partial charge >= 0.3 is 5.69 Å². The van der Waals surface area contributed by atoms with Crippen molar-refractivity contribution in [1.29, 1.82) is 0 Å². The molecule has 0 fully saturated rings. The molecular formula is C12H11N5O6. The maximum Gasteiger partial charge on any atom is 0.320 e. The summed E-state index contributed by atoms with van der Waals surface area (Å²) in [7, 11) is 2.76. The summed E-state index contributed by atoms with van der Waals surface area (Å²) in [6.07, 6.45) is 1.07. The predicted octanol–water partition coefficient (Wildman–Crippen LogP) is 1.50. The maximum absolute atomic E-state index is 12.1. The Balaban J connectivity index is 2.38. The molecule has 23 heavy (non-hydrogen) atoms. The Morgan fingerprint density at radius 3 is 2.48 bits per heavy atom. The van der Waals surface area contributed by atoms with Crippen molar-refractivity contribution in [3.63, 3.8) is 0 Å². The van der Waals surface area contributed by atoms with E-state index in [1.807, 2.05) is 0 Å². The third kappa shape index (κ3) is 3.23. The zero-order chi connectivity index (χ0) is 17.1. The van der Waals surface area contributed by atoms with E-state index in [0.717, 1.165) is 16.9 Å². The number of ether oxygens (including phenoxy) is 1. The molecule has 0 aliphatic heterocycles. The second kappa shape index (κ2) is 6.09. The molecule has 0 aliphatic carbocycles. The molecule has 11 nitrogen and oxygen atoms in total. The summed E-state index contributed by atoms with van der Waals surface area (Å²) >= 11 is 0. The minimum Gasteiger partial charge on any atom is -0.496 e. The first kappa shape index (κ1) is 15.9. The molecule has 1 N–H and O–H groups in total. The SMILES string of the molecule is COc1ccc(NC(=O)c2nn(C)cc2[N+](=O)[O-])c([N+](=O)[O-])c1. The number of nitrogens with zero attached hydrogens (tertiary/aromatic N) is 4. The number of nitro groups is 2. The van der Waals surface area contributed by atoms with Gasteiger partial charge in [0.1, 0.15) is 17.6 Å². The van der Waals surface area contributed by atoms with Gasteiger partial charge in [0.05, 0.1) is 23.0 Å². The summed E-state index contributed by atoms with van der Waals surface area (Å²) in [5, 5.41) is 27.9. The number of aromatic nitrogens is 2. The van der Waals surface area contributed by atoms with Gasteiger partial charge in [-0.05, 0) is 12.1 Å². The number of benzene rings is 1. The third-order valence-electron chi connectivity index (χ3n) is 2.87. The van der Waals surface area contributed by atoms with Crippen LogP contribution in [0, 0.1) is 20.2 Å². The van der Waals surface area contributed by atoms with Crippen LogP contribution in [-0.2, 0) is 7.05 Å². The van der Waals surface area contributed by atoms with Gasteiger partial charge in [-0.3, -0.25) is 29.7 Å². The number of rotatable bonds is 5. The average Bonchev–Trinajstić information content (AvgIpc) is 2.89. The van der Waals surface area contributed by atoms with Gasteiger partial charge in [0.15, 0.2) is 0 Å². The topological polar surface area (TPSA) is 142 Å². The van der Waals surface area contributed by atoms with Crippen molar-refractivity contribution >= 4 is 23.0 Å². The highest BCUT2D eigenvalue weighted by Gasteiger charge is 2.27. The molecule has 0 atom stereocenters. The predicted molar refractivity (Wildman–Crippen MR) is 77.5 cm³/mol. The van der Waals surface area contributed by atoms with E-state index < -0.39 is 32.8 Å². The second-order valence-electron chi connectivity index (χ2n) is 4.39. The number of carbonyl (C=O) groups is 1. The standard InChI is InChI=1S/C12H11N5O6/c1-15-6-10(17(21)22)11(14-15)12(18)13-8-4-3-7(23-2)5-9(8)16(19)20/h3-6H,1-2H3,(H,13,18). The molecule has 11 heteroatoms. The number of carbonyl (C=O) groups excluding carboxylic acids is 1. The number of nitrogens with one attached hydrogen (secondary N) is 1. The van der Waals surface area contributed by atoms with Crippen molar-refractivity contribution in [3.8, 4) is 5.75 Å². The van der Waals surface area contributed by atoms with E-state index in [1.165, 1.54) is 26.3 Å². The quantitative estimate of drug-likeness (QED) is 0.649. The number of aryl methyl sites for hydroxylation is 1. The lowest BCUT2D eigenvalue weighted by Crippen LogP contribution is -2.15. The van der Waals surface area contributed by atoms with E-state index in [0.29, 0.717) is 0 Å². The van der Waals surface area contributed by atoms with Crippen LogP contribution in [0.3, 0.4) is 0 Å². The number of hydrogen-bond donors (Lipinski definition) is 1. The molecule has 0 aliphatic rings. The van der Waals surface area contributed by atoms with Gasteiger partial charge in [-0.15, -0.1) is 0 Å². The van der Waals surface area contributed by atoms with Gasteiger partial charge in [-0.2, -0.15) is 5.10 Å². The van der Waals surface area contributed by atoms with Gasteiger partial charge in [-0.1, -0.05) is 0 Å². The Kier molecular flexibility index (Phi) is 4.21. The summed E-state index contributed by atoms with van der Waals surface area (Å²) in [6.45, 7) is 0. The van der Waals surface area contributed by atoms with Gasteiger partial charge in [0, 0.05) is 7.05 Å². The second-order valence-corrected chi connectivity index (χ2v) is 4.39. The fourth-order valence-electron chi connectivity index (χ4n) is 1.85. The smallest absolute Gasteiger partial charge is 0.320 e. The molecule has 120 valence electrons. The number of nitro benzene ring substituents is 1. The van der Waals surface area contributed by atoms with Crippen LogP contribution in [0.4, 0.5) is 17.1 Å². The largest absolute Gasteiger partial charge is 0.496 e. The van der Waals surface area contributed by atoms with Crippen LogP contribution in [0.25, 0.3) is 0 Å². The molecule has 1 aromatic heterocycles. The Labute approximate surface area is 128 Å². The maximum atomic E-state index is 12.1. The lowest BCUT2D eigenvalue weighted by molar-refractivity contribution is -0.385. The third-order valence-corrected chi connectivity index (χ3v) is 2.87. The Bertz CT molecular complexity index is 799. The first-order valence-corrected chi connectivity index (χ1v) is 6.15. The van der Waals surface area contributed by atoms with E-state index in [-0.39, 0.29) is 11.4 Å². The van der Waals surface area contributed by atoms with Crippen LogP contribution in [0.1, 0.15) is 10.5 Å². The van der Waals surface area contributed by atoms with Crippen LogP contribution in [0.2, 0.25) is 0 Å². The van der Waals surface area contributed by atoms with E-state index in [4.69, 9.17) is 4.74 Å². The van der Waals surface area contributed by atoms with E-state index in [1.54, 1.807) is 0 Å². The van der Waals surface area contributed by atoms with Crippen LogP contribution in [-0.4, -0.2) is 32.6 Å². The van der Waals surface area contributed by atoms with E-state index >= 15 is 0 Å². The average molecular weight is 321 g/mol. The molecule has 0 radical (unpaired) electrons. The summed E-state index contributed by atoms with van der Waals surface area (Å²) in [5.74, 6) is -0.691. The summed E-state index contributed by atoms with van der Waals surface area (Å²) < 4.78 is 5.99. The molecule has 0 spiro atoms. The molecule has 1 amide bonds. The number of anilines is 1. The molecule has 1 aromatic carbocycles. The number of hydrogen-bond acceptors (Lipinski definition) is 7. The first-order valence-electron chi connectivity index (χ1n) is 6.15. The van der Waals surface area contributed by atoms with E-state index in [2.05, 4.69) is 10.4 Å². The lowest BCUT2D eigenvalue weighted by atomic mass is 10.2. The Hall–Kier alpha value is -3.50. The fourth-order valence-corrected chi connectivity index (χ4v) is 1.85. The highest BCUT2D eigenvalue weighted by Crippen LogP contribution is 2.29. The molecule has 2 rings (SSSR count). The van der Waals surface area contributed by atoms with Crippen LogP contribution < -0.4 is 10.1 Å². The molecule has 2 aromatic rings. The zero-order valence-corrected chi connectivity index (χ0v) is 12.0. The van der Waals surface area contributed by atoms with E-state index in [9.17, 15) is 25.0 Å². The highest BCUT2D eigenvalue weighted by atomic mass is 16.6. The minimum atomic E-state index is -0.925. The monoisotopic (exact) mass is 321 g/mol. The van der Waals surface area contributed by atoms with Gasteiger partial charge in [-0.25, -0.2) is 0 Å². The van der Waals surface area contributed by atoms with Crippen molar-refractivity contribution in [1.82, 2.24) is 9.78 Å². The summed E-state index contributed by atoms with van der Waals surface area (Å²) in [6, 6.07) is 3.81. The van der Waals surface area contributed by atoms with Gasteiger partial charge in [0.25, 0.3) is 11.6 Å². The Morgan fingerprint density at radius 1 is 1.26 bits per heavy atom. The molecule has 1 heterocycles. The van der Waals surface area contributed by atoms with Crippen LogP contribution in [0.15, 0.2) is 24.4 Å². The molecule has 0 unspecified atom stereocenters. The molecule has 0 saturated heterocycles. The summed E-state index contributed by atoms with van der Waals surface area (Å²) in [5.41, 5.74) is -1.47. The summed E-state index contributed by atoms with van der Waals surface area (Å²) in [4.78, 5) is 32.6. The number of amides is 1. The fraction of sp³-hybridized carbons (Fsp3) is 0.167. The first-order chi connectivity index (χ1) is 10.8. The molecule has 0 bridgehead atoms. The minimum absolute atomic E-state index is 0.124. The lowest BCUT2D eigenvalue weighted by Gasteiger charge is -2.06.